The molecule has 1 aromatic rings. The second-order valence-corrected chi connectivity index (χ2v) is 10.4. The standard InChI is InChI=1S/C24H29ClN2O4/c25-18-4-1-2-5-19(18)26-21(28)14-31-22(29)20-6-3-7-27(20)23(30)24-11-15-8-16(12-24)10-17(9-15)13-24/h1-2,4-5,15-17,20H,3,6-14H2,(H,26,28). The van der Waals surface area contributed by atoms with Crippen LogP contribution in [0, 0.1) is 23.2 Å². The Bertz CT molecular complexity index is 866. The van der Waals surface area contributed by atoms with Crippen LogP contribution in [0.2, 0.25) is 5.02 Å². The summed E-state index contributed by atoms with van der Waals surface area (Å²) in [5.41, 5.74) is 0.212. The molecule has 4 aliphatic carbocycles. The molecule has 1 atom stereocenters. The van der Waals surface area contributed by atoms with Crippen molar-refractivity contribution in [3.05, 3.63) is 29.3 Å². The molecule has 1 saturated heterocycles. The third-order valence-electron chi connectivity index (χ3n) is 7.77. The van der Waals surface area contributed by atoms with Crippen LogP contribution in [0.25, 0.3) is 0 Å². The first-order valence-electron chi connectivity index (χ1n) is 11.5. The Kier molecular flexibility index (Phi) is 5.45. The molecule has 166 valence electrons. The van der Waals surface area contributed by atoms with Gasteiger partial charge >= 0.3 is 5.97 Å². The molecule has 7 heteroatoms. The lowest BCUT2D eigenvalue weighted by Crippen LogP contribution is -2.56. The number of carbonyl (C=O) groups is 3. The van der Waals surface area contributed by atoms with Crippen LogP contribution in [-0.2, 0) is 19.1 Å². The van der Waals surface area contributed by atoms with Gasteiger partial charge in [-0.15, -0.1) is 0 Å². The molecule has 0 spiro atoms. The van der Waals surface area contributed by atoms with E-state index in [2.05, 4.69) is 5.32 Å². The summed E-state index contributed by atoms with van der Waals surface area (Å²) in [6, 6.07) is 6.32. The number of benzene rings is 1. The lowest BCUT2D eigenvalue weighted by molar-refractivity contribution is -0.165. The summed E-state index contributed by atoms with van der Waals surface area (Å²) in [7, 11) is 0. The molecule has 2 amide bonds. The van der Waals surface area contributed by atoms with E-state index in [1.54, 1.807) is 29.2 Å². The molecule has 4 bridgehead atoms. The van der Waals surface area contributed by atoms with Crippen LogP contribution in [0.4, 0.5) is 5.69 Å². The number of nitrogens with one attached hydrogen (secondary N) is 1. The molecule has 6 nitrogen and oxygen atoms in total. The number of carbonyl (C=O) groups excluding carboxylic acids is 3. The zero-order valence-corrected chi connectivity index (χ0v) is 18.4. The van der Waals surface area contributed by atoms with Crippen molar-refractivity contribution in [2.24, 2.45) is 23.2 Å². The Balaban J connectivity index is 1.20. The Labute approximate surface area is 187 Å². The Morgan fingerprint density at radius 3 is 2.35 bits per heavy atom. The molecule has 0 radical (unpaired) electrons. The number of hydrogen-bond donors (Lipinski definition) is 1. The van der Waals surface area contributed by atoms with Gasteiger partial charge in [0.25, 0.3) is 5.91 Å². The van der Waals surface area contributed by atoms with Gasteiger partial charge in [-0.25, -0.2) is 4.79 Å². The Hall–Kier alpha value is -2.08. The number of ether oxygens (including phenoxy) is 1. The van der Waals surface area contributed by atoms with E-state index >= 15 is 0 Å². The first-order valence-corrected chi connectivity index (χ1v) is 11.8. The van der Waals surface area contributed by atoms with Gasteiger partial charge in [-0.05, 0) is 81.3 Å². The molecule has 1 unspecified atom stereocenters. The van der Waals surface area contributed by atoms with Crippen LogP contribution >= 0.6 is 11.6 Å². The monoisotopic (exact) mass is 444 g/mol. The lowest BCUT2D eigenvalue weighted by atomic mass is 9.49. The molecule has 0 aromatic heterocycles. The van der Waals surface area contributed by atoms with Crippen molar-refractivity contribution in [1.82, 2.24) is 4.90 Å². The van der Waals surface area contributed by atoms with Crippen LogP contribution in [0.15, 0.2) is 24.3 Å². The van der Waals surface area contributed by atoms with Crippen LogP contribution in [0.3, 0.4) is 0 Å². The molecular formula is C24H29ClN2O4. The molecule has 1 aliphatic heterocycles. The predicted octanol–water partition coefficient (Wildman–Crippen LogP) is 4.03. The normalized spacial score (nSPS) is 33.4. The fourth-order valence-corrected chi connectivity index (χ4v) is 7.10. The molecule has 5 aliphatic rings. The van der Waals surface area contributed by atoms with E-state index in [0.717, 1.165) is 25.7 Å². The number of hydrogen-bond acceptors (Lipinski definition) is 4. The van der Waals surface area contributed by atoms with E-state index in [1.165, 1.54) is 19.3 Å². The average molecular weight is 445 g/mol. The molecule has 31 heavy (non-hydrogen) atoms. The van der Waals surface area contributed by atoms with E-state index in [4.69, 9.17) is 16.3 Å². The summed E-state index contributed by atoms with van der Waals surface area (Å²) in [5, 5.41) is 3.07. The van der Waals surface area contributed by atoms with Gasteiger partial charge in [0.2, 0.25) is 5.91 Å². The Morgan fingerprint density at radius 1 is 1.06 bits per heavy atom. The van der Waals surface area contributed by atoms with Crippen LogP contribution in [-0.4, -0.2) is 41.9 Å². The van der Waals surface area contributed by atoms with Crippen LogP contribution in [0.5, 0.6) is 0 Å². The maximum absolute atomic E-state index is 13.7. The molecule has 1 N–H and O–H groups in total. The predicted molar refractivity (Wildman–Crippen MR) is 116 cm³/mol. The van der Waals surface area contributed by atoms with Gasteiger partial charge in [0.15, 0.2) is 6.61 Å². The molecule has 1 aromatic carbocycles. The zero-order chi connectivity index (χ0) is 21.6. The molecule has 5 fully saturated rings. The topological polar surface area (TPSA) is 75.7 Å². The number of esters is 1. The zero-order valence-electron chi connectivity index (χ0n) is 17.6. The van der Waals surface area contributed by atoms with Crippen molar-refractivity contribution in [2.75, 3.05) is 18.5 Å². The van der Waals surface area contributed by atoms with E-state index < -0.39 is 17.9 Å². The highest BCUT2D eigenvalue weighted by molar-refractivity contribution is 6.33. The third-order valence-corrected chi connectivity index (χ3v) is 8.10. The maximum Gasteiger partial charge on any atom is 0.329 e. The second-order valence-electron chi connectivity index (χ2n) is 9.99. The second kappa shape index (κ2) is 8.12. The summed E-state index contributed by atoms with van der Waals surface area (Å²) < 4.78 is 5.31. The molecule has 6 rings (SSSR count). The summed E-state index contributed by atoms with van der Waals surface area (Å²) in [4.78, 5) is 40.4. The number of amides is 2. The van der Waals surface area contributed by atoms with Crippen LogP contribution in [0.1, 0.15) is 51.4 Å². The minimum absolute atomic E-state index is 0.159. The number of anilines is 1. The SMILES string of the molecule is O=C(COC(=O)C1CCCN1C(=O)C12CC3CC(CC(C3)C1)C2)Nc1ccccc1Cl. The third kappa shape index (κ3) is 3.95. The highest BCUT2D eigenvalue weighted by Gasteiger charge is 2.57. The van der Waals surface area contributed by atoms with Gasteiger partial charge in [-0.1, -0.05) is 23.7 Å². The van der Waals surface area contributed by atoms with Crippen molar-refractivity contribution >= 4 is 35.1 Å². The largest absolute Gasteiger partial charge is 0.454 e. The van der Waals surface area contributed by atoms with Crippen molar-refractivity contribution < 1.29 is 19.1 Å². The lowest BCUT2D eigenvalue weighted by Gasteiger charge is -2.56. The minimum atomic E-state index is -0.575. The first kappa shape index (κ1) is 20.8. The van der Waals surface area contributed by atoms with Crippen molar-refractivity contribution in [1.29, 1.82) is 0 Å². The number of rotatable bonds is 5. The first-order chi connectivity index (χ1) is 14.9. The molecule has 4 saturated carbocycles. The Morgan fingerprint density at radius 2 is 1.71 bits per heavy atom. The summed E-state index contributed by atoms with van der Waals surface area (Å²) in [5.74, 6) is 1.26. The van der Waals surface area contributed by atoms with E-state index in [0.29, 0.717) is 41.4 Å². The fourth-order valence-electron chi connectivity index (χ4n) is 6.91. The van der Waals surface area contributed by atoms with E-state index in [-0.39, 0.29) is 17.9 Å². The fraction of sp³-hybridized carbons (Fsp3) is 0.625. The van der Waals surface area contributed by atoms with Crippen LogP contribution < -0.4 is 5.32 Å². The number of halogens is 1. The molecule has 1 heterocycles. The van der Waals surface area contributed by atoms with Gasteiger partial charge < -0.3 is 15.0 Å². The summed E-state index contributed by atoms with van der Waals surface area (Å²) >= 11 is 6.05. The van der Waals surface area contributed by atoms with Crippen molar-refractivity contribution in [3.8, 4) is 0 Å². The highest BCUT2D eigenvalue weighted by Crippen LogP contribution is 2.60. The summed E-state index contributed by atoms with van der Waals surface area (Å²) in [6.07, 6.45) is 8.17. The van der Waals surface area contributed by atoms with Crippen molar-refractivity contribution in [3.63, 3.8) is 0 Å². The summed E-state index contributed by atoms with van der Waals surface area (Å²) in [6.45, 7) is 0.214. The smallest absolute Gasteiger partial charge is 0.329 e. The molecular weight excluding hydrogens is 416 g/mol. The quantitative estimate of drug-likeness (QED) is 0.695. The minimum Gasteiger partial charge on any atom is -0.454 e. The van der Waals surface area contributed by atoms with Gasteiger partial charge in [0, 0.05) is 6.54 Å². The highest BCUT2D eigenvalue weighted by atomic mass is 35.5. The van der Waals surface area contributed by atoms with Gasteiger partial charge in [-0.3, -0.25) is 9.59 Å². The maximum atomic E-state index is 13.7. The number of para-hydroxylation sites is 1. The van der Waals surface area contributed by atoms with Gasteiger partial charge in [0.05, 0.1) is 16.1 Å². The van der Waals surface area contributed by atoms with E-state index in [9.17, 15) is 14.4 Å². The van der Waals surface area contributed by atoms with Gasteiger partial charge in [0.1, 0.15) is 6.04 Å². The van der Waals surface area contributed by atoms with E-state index in [1.807, 2.05) is 0 Å². The number of nitrogens with zero attached hydrogens (tertiary/aromatic N) is 1. The number of likely N-dealkylation sites (tertiary alicyclic amines) is 1. The average Bonchev–Trinajstić information content (AvgIpc) is 3.22. The van der Waals surface area contributed by atoms with Crippen molar-refractivity contribution in [2.45, 2.75) is 57.4 Å². The van der Waals surface area contributed by atoms with Gasteiger partial charge in [-0.2, -0.15) is 0 Å².